The highest BCUT2D eigenvalue weighted by Gasteiger charge is 2.17. The van der Waals surface area contributed by atoms with Crippen LogP contribution in [0.4, 0.5) is 0 Å². The molecule has 4 nitrogen and oxygen atoms in total. The van der Waals surface area contributed by atoms with Gasteiger partial charge in [0.15, 0.2) is 0 Å². The van der Waals surface area contributed by atoms with E-state index < -0.39 is 0 Å². The van der Waals surface area contributed by atoms with Crippen LogP contribution in [0.2, 0.25) is 0 Å². The molecule has 0 aliphatic heterocycles. The maximum absolute atomic E-state index is 7.81. The van der Waals surface area contributed by atoms with E-state index in [9.17, 15) is 0 Å². The monoisotopic (exact) mass is 283 g/mol. The predicted octanol–water partition coefficient (Wildman–Crippen LogP) is 3.07. The standard InChI is InChI=1S/C14H25N3OS/c15-13(16-11-7-3-1-4-8-11)18-14(19)17-12-9-5-2-6-10-12/h11-12H,1-10H2,(H2,15,16)(H,17,19). The lowest BCUT2D eigenvalue weighted by Gasteiger charge is -2.26. The average molecular weight is 283 g/mol. The molecule has 2 rings (SSSR count). The predicted molar refractivity (Wildman–Crippen MR) is 81.4 cm³/mol. The van der Waals surface area contributed by atoms with Gasteiger partial charge < -0.3 is 15.4 Å². The minimum Gasteiger partial charge on any atom is -0.399 e. The highest BCUT2D eigenvalue weighted by atomic mass is 32.1. The molecule has 2 aliphatic carbocycles. The number of nitrogens with one attached hydrogen (secondary N) is 3. The Morgan fingerprint density at radius 2 is 1.32 bits per heavy atom. The third-order valence-electron chi connectivity index (χ3n) is 4.06. The molecule has 2 aliphatic rings. The fourth-order valence-electron chi connectivity index (χ4n) is 3.00. The zero-order valence-corrected chi connectivity index (χ0v) is 12.4. The minimum absolute atomic E-state index is 0.0974. The van der Waals surface area contributed by atoms with Crippen molar-refractivity contribution in [1.29, 1.82) is 5.41 Å². The van der Waals surface area contributed by atoms with Crippen molar-refractivity contribution in [1.82, 2.24) is 10.6 Å². The Morgan fingerprint density at radius 3 is 1.84 bits per heavy atom. The lowest BCUT2D eigenvalue weighted by Crippen LogP contribution is -2.42. The number of hydrogen-bond donors (Lipinski definition) is 3. The van der Waals surface area contributed by atoms with Gasteiger partial charge in [0.1, 0.15) is 0 Å². The van der Waals surface area contributed by atoms with Crippen molar-refractivity contribution in [3.63, 3.8) is 0 Å². The van der Waals surface area contributed by atoms with Crippen LogP contribution in [-0.2, 0) is 4.74 Å². The van der Waals surface area contributed by atoms with Crippen LogP contribution < -0.4 is 10.6 Å². The molecule has 2 fully saturated rings. The van der Waals surface area contributed by atoms with Crippen molar-refractivity contribution >= 4 is 23.4 Å². The Balaban J connectivity index is 1.64. The van der Waals surface area contributed by atoms with E-state index in [0.717, 1.165) is 25.7 Å². The second-order valence-electron chi connectivity index (χ2n) is 5.68. The summed E-state index contributed by atoms with van der Waals surface area (Å²) in [6, 6.07) is 0.919. The van der Waals surface area contributed by atoms with Crippen LogP contribution in [-0.4, -0.2) is 23.3 Å². The maximum atomic E-state index is 7.81. The molecule has 0 atom stereocenters. The van der Waals surface area contributed by atoms with Crippen molar-refractivity contribution in [3.05, 3.63) is 0 Å². The van der Waals surface area contributed by atoms with E-state index in [0.29, 0.717) is 17.3 Å². The van der Waals surface area contributed by atoms with Crippen molar-refractivity contribution in [2.75, 3.05) is 0 Å². The van der Waals surface area contributed by atoms with Crippen LogP contribution in [0.1, 0.15) is 64.2 Å². The van der Waals surface area contributed by atoms with E-state index in [1.807, 2.05) is 0 Å². The summed E-state index contributed by atoms with van der Waals surface area (Å²) in [7, 11) is 0. The second kappa shape index (κ2) is 7.68. The summed E-state index contributed by atoms with van der Waals surface area (Å²) in [5.41, 5.74) is 0. The molecule has 19 heavy (non-hydrogen) atoms. The van der Waals surface area contributed by atoms with Gasteiger partial charge in [0, 0.05) is 12.1 Å². The highest BCUT2D eigenvalue weighted by Crippen LogP contribution is 2.18. The summed E-state index contributed by atoms with van der Waals surface area (Å²) >= 11 is 5.16. The van der Waals surface area contributed by atoms with Crippen molar-refractivity contribution < 1.29 is 4.74 Å². The Morgan fingerprint density at radius 1 is 0.842 bits per heavy atom. The molecule has 0 aromatic heterocycles. The minimum atomic E-state index is 0.0974. The van der Waals surface area contributed by atoms with Crippen molar-refractivity contribution in [3.8, 4) is 0 Å². The van der Waals surface area contributed by atoms with Crippen LogP contribution >= 0.6 is 12.2 Å². The van der Waals surface area contributed by atoms with E-state index in [4.69, 9.17) is 22.4 Å². The van der Waals surface area contributed by atoms with E-state index >= 15 is 0 Å². The highest BCUT2D eigenvalue weighted by molar-refractivity contribution is 7.80. The molecule has 0 bridgehead atoms. The van der Waals surface area contributed by atoms with Crippen LogP contribution in [0.3, 0.4) is 0 Å². The van der Waals surface area contributed by atoms with Gasteiger partial charge in [0.2, 0.25) is 0 Å². The van der Waals surface area contributed by atoms with Gasteiger partial charge in [-0.25, -0.2) is 0 Å². The largest absolute Gasteiger partial charge is 0.399 e. The molecule has 0 amide bonds. The number of hydrogen-bond acceptors (Lipinski definition) is 3. The fourth-order valence-corrected chi connectivity index (χ4v) is 3.25. The normalized spacial score (nSPS) is 21.7. The maximum Gasteiger partial charge on any atom is 0.289 e. The smallest absolute Gasteiger partial charge is 0.289 e. The van der Waals surface area contributed by atoms with E-state index in [1.165, 1.54) is 38.5 Å². The Hall–Kier alpha value is -0.840. The van der Waals surface area contributed by atoms with Gasteiger partial charge in [-0.3, -0.25) is 5.41 Å². The third kappa shape index (κ3) is 5.35. The Bertz CT molecular complexity index is 280. The van der Waals surface area contributed by atoms with Gasteiger partial charge in [0.05, 0.1) is 0 Å². The van der Waals surface area contributed by atoms with Crippen LogP contribution in [0.25, 0.3) is 0 Å². The van der Waals surface area contributed by atoms with E-state index in [-0.39, 0.29) is 6.02 Å². The SMILES string of the molecule is N=C(NC1CCCCC1)OC(=S)NC1CCCCC1. The molecule has 0 heterocycles. The number of rotatable bonds is 2. The van der Waals surface area contributed by atoms with Gasteiger partial charge in [-0.1, -0.05) is 38.5 Å². The average Bonchev–Trinajstić information content (AvgIpc) is 2.40. The third-order valence-corrected chi connectivity index (χ3v) is 4.26. The summed E-state index contributed by atoms with van der Waals surface area (Å²) in [6.07, 6.45) is 12.2. The summed E-state index contributed by atoms with van der Waals surface area (Å²) in [5, 5.41) is 14.5. The second-order valence-corrected chi connectivity index (χ2v) is 6.05. The van der Waals surface area contributed by atoms with Crippen LogP contribution in [0, 0.1) is 5.41 Å². The summed E-state index contributed by atoms with van der Waals surface area (Å²) in [4.78, 5) is 0. The zero-order valence-electron chi connectivity index (χ0n) is 11.5. The lowest BCUT2D eigenvalue weighted by atomic mass is 9.96. The van der Waals surface area contributed by atoms with E-state index in [2.05, 4.69) is 10.6 Å². The molecular weight excluding hydrogens is 258 g/mol. The molecule has 2 saturated carbocycles. The summed E-state index contributed by atoms with van der Waals surface area (Å²) < 4.78 is 5.35. The van der Waals surface area contributed by atoms with Gasteiger partial charge >= 0.3 is 0 Å². The lowest BCUT2D eigenvalue weighted by molar-refractivity contribution is 0.367. The van der Waals surface area contributed by atoms with Gasteiger partial charge in [-0.05, 0) is 37.9 Å². The Labute approximate surface area is 121 Å². The van der Waals surface area contributed by atoms with Gasteiger partial charge in [-0.2, -0.15) is 0 Å². The first-order valence-electron chi connectivity index (χ1n) is 7.57. The van der Waals surface area contributed by atoms with Gasteiger partial charge in [-0.15, -0.1) is 0 Å². The first kappa shape index (κ1) is 14.6. The molecule has 108 valence electrons. The first-order chi connectivity index (χ1) is 9.24. The summed E-state index contributed by atoms with van der Waals surface area (Å²) in [5.74, 6) is 0. The summed E-state index contributed by atoms with van der Waals surface area (Å²) in [6.45, 7) is 0. The molecule has 5 heteroatoms. The molecule has 0 saturated heterocycles. The molecule has 0 radical (unpaired) electrons. The topological polar surface area (TPSA) is 57.1 Å². The van der Waals surface area contributed by atoms with E-state index in [1.54, 1.807) is 0 Å². The molecular formula is C14H25N3OS. The molecule has 0 aromatic rings. The molecule has 0 unspecified atom stereocenters. The van der Waals surface area contributed by atoms with Crippen LogP contribution in [0.5, 0.6) is 0 Å². The number of ether oxygens (including phenoxy) is 1. The first-order valence-corrected chi connectivity index (χ1v) is 7.98. The Kier molecular flexibility index (Phi) is 5.89. The number of amidine groups is 1. The zero-order chi connectivity index (χ0) is 13.5. The van der Waals surface area contributed by atoms with Gasteiger partial charge in [0.25, 0.3) is 11.2 Å². The molecule has 3 N–H and O–H groups in total. The fraction of sp³-hybridized carbons (Fsp3) is 0.857. The molecule has 0 aromatic carbocycles. The number of thiocarbonyl (C=S) groups is 1. The molecule has 0 spiro atoms. The quantitative estimate of drug-likeness (QED) is 0.414. The van der Waals surface area contributed by atoms with Crippen molar-refractivity contribution in [2.45, 2.75) is 76.3 Å². The van der Waals surface area contributed by atoms with Crippen LogP contribution in [0.15, 0.2) is 0 Å². The van der Waals surface area contributed by atoms with Crippen molar-refractivity contribution in [2.24, 2.45) is 0 Å².